The van der Waals surface area contributed by atoms with Crippen molar-refractivity contribution in [2.75, 3.05) is 31.2 Å². The molecule has 0 aliphatic heterocycles. The third-order valence-electron chi connectivity index (χ3n) is 5.59. The molecule has 36 heavy (non-hydrogen) atoms. The van der Waals surface area contributed by atoms with Gasteiger partial charge >= 0.3 is 0 Å². The number of benzene rings is 2. The van der Waals surface area contributed by atoms with Gasteiger partial charge in [-0.25, -0.2) is 18.7 Å². The van der Waals surface area contributed by atoms with Crippen LogP contribution >= 0.6 is 0 Å². The number of anilines is 2. The van der Waals surface area contributed by atoms with Crippen molar-refractivity contribution in [3.63, 3.8) is 0 Å². The van der Waals surface area contributed by atoms with Crippen molar-refractivity contribution >= 4 is 17.4 Å². The minimum Gasteiger partial charge on any atom is -0.486 e. The molecule has 0 unspecified atom stereocenters. The molecular weight excluding hydrogens is 464 g/mol. The highest BCUT2D eigenvalue weighted by molar-refractivity contribution is 6.05. The molecule has 0 atom stereocenters. The number of halogens is 2. The van der Waals surface area contributed by atoms with Gasteiger partial charge in [-0.2, -0.15) is 0 Å². The van der Waals surface area contributed by atoms with E-state index in [1.165, 1.54) is 37.0 Å². The Bertz CT molecular complexity index is 1220. The molecule has 0 spiro atoms. The van der Waals surface area contributed by atoms with Crippen LogP contribution in [0.25, 0.3) is 11.3 Å². The van der Waals surface area contributed by atoms with Crippen LogP contribution in [-0.4, -0.2) is 36.1 Å². The SMILES string of the molecule is CCC.CNCCOc1c(N)ncnc1-c1cc(F)cc(NC(=O)c2ccc(C3CC3)cc2F)c1C. The van der Waals surface area contributed by atoms with E-state index in [4.69, 9.17) is 10.5 Å². The molecular formula is C27H33F2N5O2. The van der Waals surface area contributed by atoms with Crippen LogP contribution in [0, 0.1) is 18.6 Å². The number of nitrogens with one attached hydrogen (secondary N) is 2. The van der Waals surface area contributed by atoms with Crippen molar-refractivity contribution in [2.45, 2.75) is 46.0 Å². The van der Waals surface area contributed by atoms with Crippen LogP contribution in [0.2, 0.25) is 0 Å². The molecule has 0 bridgehead atoms. The second-order valence-electron chi connectivity index (χ2n) is 8.69. The first kappa shape index (κ1) is 27.0. The molecule has 2 aromatic carbocycles. The summed E-state index contributed by atoms with van der Waals surface area (Å²) in [5, 5.41) is 5.58. The van der Waals surface area contributed by atoms with Crippen molar-refractivity contribution in [1.82, 2.24) is 15.3 Å². The fourth-order valence-electron chi connectivity index (χ4n) is 3.61. The smallest absolute Gasteiger partial charge is 0.258 e. The first-order chi connectivity index (χ1) is 17.3. The number of likely N-dealkylation sites (N-methyl/N-ethyl adjacent to an activating group) is 1. The maximum absolute atomic E-state index is 14.6. The second kappa shape index (κ2) is 12.4. The van der Waals surface area contributed by atoms with E-state index in [2.05, 4.69) is 34.4 Å². The third-order valence-corrected chi connectivity index (χ3v) is 5.59. The summed E-state index contributed by atoms with van der Waals surface area (Å²) in [6.07, 6.45) is 4.57. The molecule has 4 rings (SSSR count). The summed E-state index contributed by atoms with van der Waals surface area (Å²) in [6, 6.07) is 7.08. The highest BCUT2D eigenvalue weighted by atomic mass is 19.1. The summed E-state index contributed by atoms with van der Waals surface area (Å²) in [6.45, 7) is 6.81. The number of hydrogen-bond donors (Lipinski definition) is 3. The third kappa shape index (κ3) is 6.54. The minimum atomic E-state index is -0.665. The Hall–Kier alpha value is -3.59. The Morgan fingerprint density at radius 3 is 2.53 bits per heavy atom. The molecule has 9 heteroatoms. The number of carbonyl (C=O) groups is 1. The standard InChI is InChI=1S/C24H25F2N5O2.C3H8/c1-13-18(21-22(33-8-7-28-2)23(27)30-12-29-21)10-16(25)11-20(13)31-24(32)17-6-5-15(9-19(17)26)14-3-4-14;1-3-2/h5-6,9-12,14,28H,3-4,7-8H2,1-2H3,(H,31,32)(H2,27,29,30);3H2,1-2H3. The van der Waals surface area contributed by atoms with Gasteiger partial charge in [-0.05, 0) is 68.1 Å². The highest BCUT2D eigenvalue weighted by Gasteiger charge is 2.25. The van der Waals surface area contributed by atoms with E-state index in [0.29, 0.717) is 35.9 Å². The van der Waals surface area contributed by atoms with Gasteiger partial charge in [-0.3, -0.25) is 4.79 Å². The van der Waals surface area contributed by atoms with E-state index in [1.807, 2.05) is 0 Å². The lowest BCUT2D eigenvalue weighted by atomic mass is 10.0. The molecule has 192 valence electrons. The van der Waals surface area contributed by atoms with E-state index in [-0.39, 0.29) is 22.8 Å². The van der Waals surface area contributed by atoms with Crippen LogP contribution in [0.15, 0.2) is 36.7 Å². The van der Waals surface area contributed by atoms with Gasteiger partial charge in [0, 0.05) is 17.8 Å². The lowest BCUT2D eigenvalue weighted by Gasteiger charge is -2.16. The summed E-state index contributed by atoms with van der Waals surface area (Å²) in [5.74, 6) is -1.16. The summed E-state index contributed by atoms with van der Waals surface area (Å²) >= 11 is 0. The van der Waals surface area contributed by atoms with Crippen molar-refractivity contribution < 1.29 is 18.3 Å². The van der Waals surface area contributed by atoms with Crippen LogP contribution in [-0.2, 0) is 0 Å². The lowest BCUT2D eigenvalue weighted by molar-refractivity contribution is 0.102. The summed E-state index contributed by atoms with van der Waals surface area (Å²) in [7, 11) is 1.78. The van der Waals surface area contributed by atoms with E-state index >= 15 is 0 Å². The molecule has 0 radical (unpaired) electrons. The predicted octanol–water partition coefficient (Wildman–Crippen LogP) is 5.46. The Balaban J connectivity index is 0.00000115. The van der Waals surface area contributed by atoms with E-state index in [0.717, 1.165) is 18.4 Å². The van der Waals surface area contributed by atoms with Gasteiger partial charge in [-0.15, -0.1) is 0 Å². The average Bonchev–Trinajstić information content (AvgIpc) is 3.68. The van der Waals surface area contributed by atoms with Crippen molar-refractivity contribution in [1.29, 1.82) is 0 Å². The van der Waals surface area contributed by atoms with Crippen molar-refractivity contribution in [3.8, 4) is 17.0 Å². The lowest BCUT2D eigenvalue weighted by Crippen LogP contribution is -2.17. The Labute approximate surface area is 210 Å². The topological polar surface area (TPSA) is 102 Å². The van der Waals surface area contributed by atoms with Gasteiger partial charge < -0.3 is 21.1 Å². The number of nitrogens with two attached hydrogens (primary N) is 1. The van der Waals surface area contributed by atoms with Crippen LogP contribution in [0.5, 0.6) is 5.75 Å². The minimum absolute atomic E-state index is 0.105. The molecule has 7 nitrogen and oxygen atoms in total. The van der Waals surface area contributed by atoms with E-state index < -0.39 is 17.5 Å². The molecule has 0 saturated heterocycles. The number of carbonyl (C=O) groups excluding carboxylic acids is 1. The van der Waals surface area contributed by atoms with Gasteiger partial charge in [0.1, 0.15) is 30.3 Å². The zero-order valence-corrected chi connectivity index (χ0v) is 21.1. The van der Waals surface area contributed by atoms with Gasteiger partial charge in [0.25, 0.3) is 5.91 Å². The second-order valence-corrected chi connectivity index (χ2v) is 8.69. The summed E-state index contributed by atoms with van der Waals surface area (Å²) in [5.41, 5.74) is 8.15. The van der Waals surface area contributed by atoms with Crippen LogP contribution in [0.3, 0.4) is 0 Å². The Morgan fingerprint density at radius 2 is 1.89 bits per heavy atom. The molecule has 4 N–H and O–H groups in total. The zero-order chi connectivity index (χ0) is 26.2. The normalized spacial score (nSPS) is 12.5. The fraction of sp³-hybridized carbons (Fsp3) is 0.370. The maximum atomic E-state index is 14.6. The molecule has 1 aliphatic rings. The van der Waals surface area contributed by atoms with Gasteiger partial charge in [0.15, 0.2) is 11.6 Å². The van der Waals surface area contributed by atoms with Crippen LogP contribution < -0.4 is 21.1 Å². The maximum Gasteiger partial charge on any atom is 0.258 e. The monoisotopic (exact) mass is 497 g/mol. The molecule has 1 saturated carbocycles. The van der Waals surface area contributed by atoms with Gasteiger partial charge in [0.2, 0.25) is 0 Å². The van der Waals surface area contributed by atoms with Gasteiger partial charge in [-0.1, -0.05) is 26.3 Å². The van der Waals surface area contributed by atoms with Gasteiger partial charge in [0.05, 0.1) is 5.56 Å². The number of hydrogen-bond acceptors (Lipinski definition) is 6. The molecule has 3 aromatic rings. The number of rotatable bonds is 8. The van der Waals surface area contributed by atoms with Crippen molar-refractivity contribution in [2.24, 2.45) is 0 Å². The number of nitrogen functional groups attached to an aromatic ring is 1. The first-order valence-electron chi connectivity index (χ1n) is 12.1. The van der Waals surface area contributed by atoms with E-state index in [9.17, 15) is 13.6 Å². The Kier molecular flexibility index (Phi) is 9.30. The highest BCUT2D eigenvalue weighted by Crippen LogP contribution is 2.40. The number of ether oxygens (including phenoxy) is 1. The number of nitrogens with zero attached hydrogens (tertiary/aromatic N) is 2. The molecule has 1 amide bonds. The summed E-state index contributed by atoms with van der Waals surface area (Å²) < 4.78 is 34.9. The molecule has 1 heterocycles. The number of aromatic nitrogens is 2. The zero-order valence-electron chi connectivity index (χ0n) is 21.1. The van der Waals surface area contributed by atoms with Crippen LogP contribution in [0.1, 0.15) is 60.5 Å². The molecule has 1 aromatic heterocycles. The molecule has 1 aliphatic carbocycles. The predicted molar refractivity (Wildman–Crippen MR) is 138 cm³/mol. The van der Waals surface area contributed by atoms with Crippen molar-refractivity contribution in [3.05, 3.63) is 65.0 Å². The fourth-order valence-corrected chi connectivity index (χ4v) is 3.61. The Morgan fingerprint density at radius 1 is 1.17 bits per heavy atom. The quantitative estimate of drug-likeness (QED) is 0.358. The van der Waals surface area contributed by atoms with Crippen LogP contribution in [0.4, 0.5) is 20.3 Å². The summed E-state index contributed by atoms with van der Waals surface area (Å²) in [4.78, 5) is 21.0. The van der Waals surface area contributed by atoms with E-state index in [1.54, 1.807) is 20.0 Å². The molecule has 1 fully saturated rings. The first-order valence-corrected chi connectivity index (χ1v) is 12.1. The largest absolute Gasteiger partial charge is 0.486 e. The average molecular weight is 498 g/mol. The number of amides is 1.